The van der Waals surface area contributed by atoms with Gasteiger partial charge >= 0.3 is 0 Å². The third-order valence-electron chi connectivity index (χ3n) is 17.9. The fourth-order valence-electron chi connectivity index (χ4n) is 12.5. The van der Waals surface area contributed by atoms with Crippen LogP contribution in [0.4, 0.5) is 22.7 Å². The molecule has 12 rings (SSSR count). The summed E-state index contributed by atoms with van der Waals surface area (Å²) < 4.78 is 9.35. The van der Waals surface area contributed by atoms with Crippen LogP contribution in [0.3, 0.4) is 0 Å². The maximum atomic E-state index is 7.11. The van der Waals surface area contributed by atoms with Crippen LogP contribution in [-0.2, 0) is 42.7 Å². The summed E-state index contributed by atoms with van der Waals surface area (Å²) >= 11 is 0. The van der Waals surface area contributed by atoms with E-state index in [-0.39, 0.29) is 42.7 Å². The fraction of sp³-hybridized carbons (Fsp3) is 0.241. The van der Waals surface area contributed by atoms with E-state index in [2.05, 4.69) is 323 Å². The number of rotatable bonds is 14. The number of para-hydroxylation sites is 1. The molecule has 0 N–H and O–H groups in total. The normalized spacial score (nSPS) is 13.0. The number of hydrogen-bond donors (Lipinski definition) is 0. The van der Waals surface area contributed by atoms with E-state index in [1.54, 1.807) is 0 Å². The molecule has 1 aliphatic rings. The first-order valence-electron chi connectivity index (χ1n) is 29.9. The summed E-state index contributed by atoms with van der Waals surface area (Å²) in [5.41, 5.74) is 18.7. The predicted octanol–water partition coefficient (Wildman–Crippen LogP) is 21.2. The van der Waals surface area contributed by atoms with Crippen LogP contribution in [-0.4, -0.2) is 9.55 Å². The Morgan fingerprint density at radius 2 is 1.01 bits per heavy atom. The number of aromatic nitrogens is 2. The molecule has 0 bridgehead atoms. The molecule has 0 unspecified atom stereocenters. The quantitative estimate of drug-likeness (QED) is 0.102. The van der Waals surface area contributed by atoms with E-state index in [0.29, 0.717) is 23.3 Å². The number of fused-ring (bicyclic) bond motifs is 4. The molecule has 0 fully saturated rings. The monoisotopic (exact) mass is 1290 g/mol. The molecule has 85 heavy (non-hydrogen) atoms. The Labute approximate surface area is 519 Å². The summed E-state index contributed by atoms with van der Waals surface area (Å²) in [6.45, 7) is 32.3. The Balaban J connectivity index is 0.00000752. The zero-order chi connectivity index (χ0) is 58.9. The van der Waals surface area contributed by atoms with Gasteiger partial charge in [0.25, 0.3) is 0 Å². The zero-order valence-corrected chi connectivity index (χ0v) is 53.7. The van der Waals surface area contributed by atoms with Crippen LogP contribution in [0.15, 0.2) is 212 Å². The van der Waals surface area contributed by atoms with Crippen LogP contribution in [0.25, 0.3) is 38.8 Å². The van der Waals surface area contributed by atoms with Gasteiger partial charge in [-0.2, -0.15) is 6.07 Å². The van der Waals surface area contributed by atoms with Crippen molar-refractivity contribution in [1.82, 2.24) is 9.55 Å². The predicted molar refractivity (Wildman–Crippen MR) is 352 cm³/mol. The molecule has 0 saturated heterocycles. The van der Waals surface area contributed by atoms with Gasteiger partial charge < -0.3 is 19.1 Å². The van der Waals surface area contributed by atoms with Gasteiger partial charge in [0, 0.05) is 77.6 Å². The molecular weight excluding hydrogens is 1220 g/mol. The van der Waals surface area contributed by atoms with E-state index in [9.17, 15) is 0 Å². The van der Waals surface area contributed by atoms with Crippen LogP contribution in [0, 0.1) is 18.8 Å². The first kappa shape index (κ1) is 58.8. The minimum Gasteiger partial charge on any atom is -0.509 e. The van der Waals surface area contributed by atoms with Crippen molar-refractivity contribution in [2.45, 2.75) is 124 Å². The smallest absolute Gasteiger partial charge is 0.135 e. The van der Waals surface area contributed by atoms with Crippen molar-refractivity contribution in [3.8, 4) is 28.4 Å². The Hall–Kier alpha value is -7.98. The molecule has 1 aliphatic heterocycles. The van der Waals surface area contributed by atoms with Crippen molar-refractivity contribution in [3.63, 3.8) is 0 Å². The van der Waals surface area contributed by atoms with Crippen LogP contribution in [0.5, 0.6) is 11.5 Å². The molecule has 0 spiro atoms. The molecule has 2 aromatic heterocycles. The van der Waals surface area contributed by atoms with E-state index in [1.165, 1.54) is 55.6 Å². The minimum absolute atomic E-state index is 0. The average molecular weight is 1290 g/mol. The zero-order valence-electron chi connectivity index (χ0n) is 51.5. The van der Waals surface area contributed by atoms with Gasteiger partial charge in [-0.15, -0.1) is 53.6 Å². The van der Waals surface area contributed by atoms with E-state index >= 15 is 0 Å². The third kappa shape index (κ3) is 11.0. The number of pyridine rings is 1. The van der Waals surface area contributed by atoms with Gasteiger partial charge in [-0.25, -0.2) is 4.98 Å². The van der Waals surface area contributed by atoms with Crippen molar-refractivity contribution < 1.29 is 25.8 Å². The van der Waals surface area contributed by atoms with Gasteiger partial charge in [-0.05, 0) is 121 Å². The number of ether oxygens (including phenoxy) is 1. The molecular formula is C79H77N4OPt-3. The van der Waals surface area contributed by atoms with Crippen molar-refractivity contribution in [1.29, 1.82) is 0 Å². The minimum atomic E-state index is -0.312. The summed E-state index contributed by atoms with van der Waals surface area (Å²) in [7, 11) is 0. The first-order chi connectivity index (χ1) is 40.2. The molecule has 11 aromatic rings. The first-order valence-corrected chi connectivity index (χ1v) is 29.9. The molecule has 0 saturated carbocycles. The summed E-state index contributed by atoms with van der Waals surface area (Å²) in [6, 6.07) is 82.9. The van der Waals surface area contributed by atoms with Gasteiger partial charge in [-0.1, -0.05) is 235 Å². The topological polar surface area (TPSA) is 33.5 Å². The molecule has 0 atom stereocenters. The molecule has 6 heteroatoms. The van der Waals surface area contributed by atoms with Crippen LogP contribution in [0.2, 0.25) is 0 Å². The second-order valence-electron chi connectivity index (χ2n) is 26.2. The van der Waals surface area contributed by atoms with Gasteiger partial charge in [-0.3, -0.25) is 0 Å². The second-order valence-corrected chi connectivity index (χ2v) is 26.2. The van der Waals surface area contributed by atoms with E-state index in [4.69, 9.17) is 9.72 Å². The van der Waals surface area contributed by atoms with Crippen molar-refractivity contribution in [2.24, 2.45) is 0 Å². The summed E-state index contributed by atoms with van der Waals surface area (Å²) in [5.74, 6) is 2.68. The molecule has 0 aliphatic carbocycles. The molecule has 5 nitrogen and oxygen atoms in total. The molecule has 9 aromatic carbocycles. The Bertz CT molecular complexity index is 4130. The van der Waals surface area contributed by atoms with E-state index in [0.717, 1.165) is 55.9 Å². The maximum Gasteiger partial charge on any atom is 0.135 e. The summed E-state index contributed by atoms with van der Waals surface area (Å²) in [5, 5.41) is 2.20. The van der Waals surface area contributed by atoms with Crippen LogP contribution in [0.1, 0.15) is 152 Å². The van der Waals surface area contributed by atoms with E-state index < -0.39 is 0 Å². The average Bonchev–Trinajstić information content (AvgIpc) is 1.96. The number of benzene rings is 9. The molecule has 3 heterocycles. The Kier molecular flexibility index (Phi) is 15.8. The fourth-order valence-corrected chi connectivity index (χ4v) is 12.5. The number of anilines is 4. The second kappa shape index (κ2) is 22.8. The molecule has 0 radical (unpaired) electrons. The standard InChI is InChI=1S/C79H77N4O.Pt/c1-52(2)66-33-25-34-67(53(3)4)75(66)54-36-39-71-73(42-54)82(51-81(71)62-45-60(78(10,11)56-28-19-15-20-29-56)43-61(46-62)79(12,13)57-30-21-16-22-31-57)63-44-59(76(5,6)7)47-65(49-63)84-64-37-38-69-68-32-23-24-35-70(68)83(72(69)50-64)74-48-58(40-41-80-74)77(8,9)55-26-17-14-18-27-55;/h14-48,51-53H,1-13H3;/q-3;. The Morgan fingerprint density at radius 3 is 1.59 bits per heavy atom. The van der Waals surface area contributed by atoms with Gasteiger partial charge in [0.2, 0.25) is 0 Å². The van der Waals surface area contributed by atoms with Crippen LogP contribution >= 0.6 is 0 Å². The number of hydrogen-bond acceptors (Lipinski definition) is 4. The maximum absolute atomic E-state index is 7.11. The third-order valence-corrected chi connectivity index (χ3v) is 17.9. The summed E-state index contributed by atoms with van der Waals surface area (Å²) in [4.78, 5) is 9.78. The SMILES string of the molecule is CC(C)c1cccc(C(C)C)c1-c1ccc2c(c1)N(c1[c-]c(Oc3[c-]c4c(cc3)c3ccccc3n4-c3cc(C(C)(C)c4ccccc4)ccn3)cc(C(C)(C)C)c1)[CH-]N2c1cc(C(C)(C)c2ccccc2)cc(C(C)(C)c2ccccc2)c1.[Pt]. The largest absolute Gasteiger partial charge is 0.509 e. The van der Waals surface area contributed by atoms with Crippen molar-refractivity contribution in [2.75, 3.05) is 9.80 Å². The molecule has 432 valence electrons. The van der Waals surface area contributed by atoms with E-state index in [1.807, 2.05) is 12.3 Å². The van der Waals surface area contributed by atoms with Crippen molar-refractivity contribution >= 4 is 44.6 Å². The van der Waals surface area contributed by atoms with Gasteiger partial charge in [0.15, 0.2) is 0 Å². The molecule has 0 amide bonds. The van der Waals surface area contributed by atoms with Gasteiger partial charge in [0.1, 0.15) is 5.82 Å². The van der Waals surface area contributed by atoms with Crippen molar-refractivity contribution in [3.05, 3.63) is 281 Å². The number of nitrogens with zero attached hydrogens (tertiary/aromatic N) is 4. The van der Waals surface area contributed by atoms with Gasteiger partial charge in [0.05, 0.1) is 0 Å². The van der Waals surface area contributed by atoms with Crippen LogP contribution < -0.4 is 14.5 Å². The summed E-state index contributed by atoms with van der Waals surface area (Å²) in [6.07, 6.45) is 1.93. The Morgan fingerprint density at radius 1 is 0.447 bits per heavy atom.